The second-order valence-corrected chi connectivity index (χ2v) is 7.63. The van der Waals surface area contributed by atoms with Gasteiger partial charge in [-0.1, -0.05) is 55.5 Å². The number of rotatable bonds is 6. The Morgan fingerprint density at radius 2 is 2.22 bits per heavy atom. The Labute approximate surface area is 142 Å². The number of thioether (sulfide) groups is 1. The van der Waals surface area contributed by atoms with E-state index in [1.807, 2.05) is 6.07 Å². The van der Waals surface area contributed by atoms with E-state index in [0.29, 0.717) is 17.5 Å². The van der Waals surface area contributed by atoms with E-state index in [0.717, 1.165) is 21.3 Å². The van der Waals surface area contributed by atoms with Gasteiger partial charge in [0, 0.05) is 5.75 Å². The lowest BCUT2D eigenvalue weighted by Crippen LogP contribution is -2.21. The maximum absolute atomic E-state index is 13.2. The summed E-state index contributed by atoms with van der Waals surface area (Å²) < 4.78 is 15.8. The van der Waals surface area contributed by atoms with Crippen molar-refractivity contribution in [3.63, 3.8) is 0 Å². The molecule has 0 aliphatic heterocycles. The highest BCUT2D eigenvalue weighted by atomic mass is 32.2. The first-order valence-corrected chi connectivity index (χ1v) is 9.23. The van der Waals surface area contributed by atoms with E-state index < -0.39 is 0 Å². The predicted molar refractivity (Wildman–Crippen MR) is 91.0 cm³/mol. The fourth-order valence-electron chi connectivity index (χ4n) is 2.16. The van der Waals surface area contributed by atoms with Crippen LogP contribution in [0.25, 0.3) is 4.96 Å². The van der Waals surface area contributed by atoms with Gasteiger partial charge in [0.05, 0.1) is 6.04 Å². The van der Waals surface area contributed by atoms with Crippen LogP contribution in [0.1, 0.15) is 37.7 Å². The number of hydrogen-bond acceptors (Lipinski definition) is 6. The van der Waals surface area contributed by atoms with Crippen molar-refractivity contribution in [2.45, 2.75) is 36.4 Å². The lowest BCUT2D eigenvalue weighted by molar-refractivity contribution is 0.431. The average molecular weight is 351 g/mol. The molecule has 0 radical (unpaired) electrons. The summed E-state index contributed by atoms with van der Waals surface area (Å²) in [5.41, 5.74) is 7.17. The van der Waals surface area contributed by atoms with E-state index in [9.17, 15) is 4.39 Å². The van der Waals surface area contributed by atoms with E-state index in [2.05, 4.69) is 29.1 Å². The highest BCUT2D eigenvalue weighted by Gasteiger charge is 2.21. The van der Waals surface area contributed by atoms with Crippen LogP contribution < -0.4 is 5.73 Å². The minimum absolute atomic E-state index is 0.182. The SMILES string of the molecule is CCC(C)C(N)c1nnc2sc(SCc3cccc(F)c3)nn12. The van der Waals surface area contributed by atoms with E-state index in [-0.39, 0.29) is 11.9 Å². The molecule has 0 bridgehead atoms. The number of nitrogens with zero attached hydrogens (tertiary/aromatic N) is 4. The minimum atomic E-state index is -0.219. The Balaban J connectivity index is 1.77. The average Bonchev–Trinajstić information content (AvgIpc) is 3.11. The van der Waals surface area contributed by atoms with E-state index in [1.54, 1.807) is 22.3 Å². The van der Waals surface area contributed by atoms with Crippen molar-refractivity contribution in [1.29, 1.82) is 0 Å². The third-order valence-electron chi connectivity index (χ3n) is 3.80. The quantitative estimate of drug-likeness (QED) is 0.686. The molecule has 3 aromatic rings. The van der Waals surface area contributed by atoms with Gasteiger partial charge >= 0.3 is 0 Å². The van der Waals surface area contributed by atoms with Crippen molar-refractivity contribution in [3.8, 4) is 0 Å². The molecule has 122 valence electrons. The first kappa shape index (κ1) is 16.4. The van der Waals surface area contributed by atoms with E-state index >= 15 is 0 Å². The summed E-state index contributed by atoms with van der Waals surface area (Å²) in [4.78, 5) is 0.737. The molecule has 3 rings (SSSR count). The molecule has 1 aromatic carbocycles. The van der Waals surface area contributed by atoms with Crippen LogP contribution in [0.5, 0.6) is 0 Å². The van der Waals surface area contributed by atoms with Gasteiger partial charge in [0.25, 0.3) is 0 Å². The molecule has 2 unspecified atom stereocenters. The van der Waals surface area contributed by atoms with Crippen LogP contribution in [-0.4, -0.2) is 19.8 Å². The Morgan fingerprint density at radius 3 is 2.96 bits per heavy atom. The molecule has 2 aromatic heterocycles. The fourth-order valence-corrected chi connectivity index (χ4v) is 3.99. The molecule has 5 nitrogen and oxygen atoms in total. The Kier molecular flexibility index (Phi) is 4.93. The number of halogens is 1. The zero-order valence-corrected chi connectivity index (χ0v) is 14.6. The van der Waals surface area contributed by atoms with Crippen LogP contribution >= 0.6 is 23.1 Å². The van der Waals surface area contributed by atoms with Gasteiger partial charge in [0.1, 0.15) is 5.82 Å². The molecule has 0 spiro atoms. The van der Waals surface area contributed by atoms with Crippen molar-refractivity contribution >= 4 is 28.1 Å². The number of benzene rings is 1. The van der Waals surface area contributed by atoms with Gasteiger partial charge in [-0.05, 0) is 23.6 Å². The summed E-state index contributed by atoms with van der Waals surface area (Å²) in [6.07, 6.45) is 0.974. The first-order chi connectivity index (χ1) is 11.1. The zero-order valence-electron chi connectivity index (χ0n) is 12.9. The maximum Gasteiger partial charge on any atom is 0.235 e. The van der Waals surface area contributed by atoms with Gasteiger partial charge in [-0.2, -0.15) is 4.52 Å². The first-order valence-electron chi connectivity index (χ1n) is 7.43. The highest BCUT2D eigenvalue weighted by Crippen LogP contribution is 2.29. The van der Waals surface area contributed by atoms with Gasteiger partial charge in [-0.15, -0.1) is 15.3 Å². The molecule has 23 heavy (non-hydrogen) atoms. The lowest BCUT2D eigenvalue weighted by Gasteiger charge is -2.15. The monoisotopic (exact) mass is 351 g/mol. The molecule has 0 aliphatic carbocycles. The largest absolute Gasteiger partial charge is 0.321 e. The van der Waals surface area contributed by atoms with Crippen molar-refractivity contribution in [3.05, 3.63) is 41.5 Å². The third-order valence-corrected chi connectivity index (χ3v) is 5.91. The fraction of sp³-hybridized carbons (Fsp3) is 0.400. The smallest absolute Gasteiger partial charge is 0.235 e. The maximum atomic E-state index is 13.2. The summed E-state index contributed by atoms with van der Waals surface area (Å²) in [7, 11) is 0. The van der Waals surface area contributed by atoms with Gasteiger partial charge in [0.15, 0.2) is 10.2 Å². The number of fused-ring (bicyclic) bond motifs is 1. The number of nitrogens with two attached hydrogens (primary N) is 1. The normalized spacial score (nSPS) is 14.3. The third kappa shape index (κ3) is 3.54. The summed E-state index contributed by atoms with van der Waals surface area (Å²) in [5.74, 6) is 1.45. The summed E-state index contributed by atoms with van der Waals surface area (Å²) in [5, 5.41) is 12.9. The molecule has 8 heteroatoms. The topological polar surface area (TPSA) is 69.1 Å². The highest BCUT2D eigenvalue weighted by molar-refractivity contribution is 8.00. The molecule has 0 aliphatic rings. The summed E-state index contributed by atoms with van der Waals surface area (Å²) in [6, 6.07) is 6.42. The van der Waals surface area contributed by atoms with Crippen LogP contribution in [-0.2, 0) is 5.75 Å². The molecule has 2 heterocycles. The Hall–Kier alpha value is -1.51. The predicted octanol–water partition coefficient (Wildman–Crippen LogP) is 3.66. The van der Waals surface area contributed by atoms with Gasteiger partial charge in [0.2, 0.25) is 4.96 Å². The van der Waals surface area contributed by atoms with Crippen LogP contribution in [0.4, 0.5) is 4.39 Å². The number of hydrogen-bond donors (Lipinski definition) is 1. The zero-order chi connectivity index (χ0) is 16.4. The Morgan fingerprint density at radius 1 is 1.39 bits per heavy atom. The molecule has 2 atom stereocenters. The lowest BCUT2D eigenvalue weighted by atomic mass is 10.00. The van der Waals surface area contributed by atoms with Crippen LogP contribution in [0.2, 0.25) is 0 Å². The molecule has 0 fully saturated rings. The van der Waals surface area contributed by atoms with Gasteiger partial charge in [-0.25, -0.2) is 4.39 Å². The van der Waals surface area contributed by atoms with Gasteiger partial charge < -0.3 is 5.73 Å². The van der Waals surface area contributed by atoms with E-state index in [4.69, 9.17) is 5.73 Å². The van der Waals surface area contributed by atoms with Crippen LogP contribution in [0.3, 0.4) is 0 Å². The Bertz CT molecular complexity index is 800. The summed E-state index contributed by atoms with van der Waals surface area (Å²) in [6.45, 7) is 4.20. The molecular weight excluding hydrogens is 333 g/mol. The number of aromatic nitrogens is 4. The van der Waals surface area contributed by atoms with Crippen molar-refractivity contribution in [2.75, 3.05) is 0 Å². The summed E-state index contributed by atoms with van der Waals surface area (Å²) >= 11 is 3.03. The molecule has 0 saturated heterocycles. The van der Waals surface area contributed by atoms with Crippen LogP contribution in [0, 0.1) is 11.7 Å². The standard InChI is InChI=1S/C15H18FN5S2/c1-3-9(2)12(17)13-18-19-14-21(13)20-15(23-14)22-8-10-5-4-6-11(16)7-10/h4-7,9,12H,3,8,17H2,1-2H3. The van der Waals surface area contributed by atoms with Crippen molar-refractivity contribution in [1.82, 2.24) is 19.8 Å². The molecule has 2 N–H and O–H groups in total. The molecular formula is C15H18FN5S2. The minimum Gasteiger partial charge on any atom is -0.321 e. The van der Waals surface area contributed by atoms with Crippen LogP contribution in [0.15, 0.2) is 28.6 Å². The molecule has 0 saturated carbocycles. The second-order valence-electron chi connectivity index (χ2n) is 5.45. The van der Waals surface area contributed by atoms with Crippen molar-refractivity contribution < 1.29 is 4.39 Å². The van der Waals surface area contributed by atoms with E-state index in [1.165, 1.54) is 23.5 Å². The van der Waals surface area contributed by atoms with Crippen molar-refractivity contribution in [2.24, 2.45) is 11.7 Å². The second kappa shape index (κ2) is 6.94. The van der Waals surface area contributed by atoms with Gasteiger partial charge in [-0.3, -0.25) is 0 Å². The molecule has 0 amide bonds.